The van der Waals surface area contributed by atoms with Crippen LogP contribution in [0.3, 0.4) is 0 Å². The van der Waals surface area contributed by atoms with Crippen molar-refractivity contribution < 1.29 is 18.0 Å². The van der Waals surface area contributed by atoms with Gasteiger partial charge in [-0.2, -0.15) is 13.2 Å². The number of nitrogens with zero attached hydrogens (tertiary/aromatic N) is 3. The average Bonchev–Trinajstić information content (AvgIpc) is 2.87. The fraction of sp³-hybridized carbons (Fsp3) is 0.429. The van der Waals surface area contributed by atoms with Gasteiger partial charge in [0.05, 0.1) is 11.0 Å². The lowest BCUT2D eigenvalue weighted by molar-refractivity contribution is -0.148. The standard InChI is InChI=1S/C14H15F3N4O/c15-14(16,17)13-19-10-3-1-2-4-11(10)21(13)9-12(22)20-7-5-18-6-8-20/h1-4,18H,5-9H2. The van der Waals surface area contributed by atoms with Gasteiger partial charge in [-0.3, -0.25) is 4.79 Å². The highest BCUT2D eigenvalue weighted by atomic mass is 19.4. The largest absolute Gasteiger partial charge is 0.449 e. The van der Waals surface area contributed by atoms with Crippen LogP contribution in [-0.4, -0.2) is 46.5 Å². The van der Waals surface area contributed by atoms with Crippen LogP contribution in [0.15, 0.2) is 24.3 Å². The number of imidazole rings is 1. The van der Waals surface area contributed by atoms with E-state index >= 15 is 0 Å². The molecule has 5 nitrogen and oxygen atoms in total. The first-order valence-electron chi connectivity index (χ1n) is 6.98. The molecule has 0 bridgehead atoms. The second kappa shape index (κ2) is 5.60. The van der Waals surface area contributed by atoms with Gasteiger partial charge < -0.3 is 14.8 Å². The molecule has 0 spiro atoms. The zero-order valence-corrected chi connectivity index (χ0v) is 11.7. The third-order valence-corrected chi connectivity index (χ3v) is 3.67. The first-order valence-corrected chi connectivity index (χ1v) is 6.98. The van der Waals surface area contributed by atoms with Crippen LogP contribution in [0.4, 0.5) is 13.2 Å². The Morgan fingerprint density at radius 1 is 1.23 bits per heavy atom. The van der Waals surface area contributed by atoms with Crippen molar-refractivity contribution in [3.63, 3.8) is 0 Å². The summed E-state index contributed by atoms with van der Waals surface area (Å²) >= 11 is 0. The third kappa shape index (κ3) is 2.78. The monoisotopic (exact) mass is 312 g/mol. The van der Waals surface area contributed by atoms with E-state index in [4.69, 9.17) is 0 Å². The highest BCUT2D eigenvalue weighted by Crippen LogP contribution is 2.31. The summed E-state index contributed by atoms with van der Waals surface area (Å²) < 4.78 is 40.4. The molecule has 1 fully saturated rings. The fourth-order valence-electron chi connectivity index (χ4n) is 2.60. The number of hydrogen-bond acceptors (Lipinski definition) is 3. The number of nitrogens with one attached hydrogen (secondary N) is 1. The summed E-state index contributed by atoms with van der Waals surface area (Å²) in [6.07, 6.45) is -4.59. The minimum Gasteiger partial charge on any atom is -0.339 e. The maximum atomic E-state index is 13.2. The highest BCUT2D eigenvalue weighted by Gasteiger charge is 2.38. The number of benzene rings is 1. The molecule has 0 saturated carbocycles. The van der Waals surface area contributed by atoms with Crippen LogP contribution in [0.5, 0.6) is 0 Å². The molecule has 0 atom stereocenters. The summed E-state index contributed by atoms with van der Waals surface area (Å²) in [5.41, 5.74) is 0.557. The van der Waals surface area contributed by atoms with Gasteiger partial charge in [-0.1, -0.05) is 12.1 Å². The van der Waals surface area contributed by atoms with Crippen LogP contribution in [0.25, 0.3) is 11.0 Å². The van der Waals surface area contributed by atoms with Crippen LogP contribution in [0, 0.1) is 0 Å². The third-order valence-electron chi connectivity index (χ3n) is 3.67. The molecule has 118 valence electrons. The zero-order valence-electron chi connectivity index (χ0n) is 11.7. The molecule has 0 unspecified atom stereocenters. The quantitative estimate of drug-likeness (QED) is 0.914. The van der Waals surface area contributed by atoms with E-state index in [0.717, 1.165) is 4.57 Å². The Morgan fingerprint density at radius 3 is 2.59 bits per heavy atom. The molecule has 1 aromatic carbocycles. The Kier molecular flexibility index (Phi) is 3.78. The van der Waals surface area contributed by atoms with Crippen molar-refractivity contribution in [2.75, 3.05) is 26.2 Å². The Bertz CT molecular complexity index is 689. The summed E-state index contributed by atoms with van der Waals surface area (Å²) in [6, 6.07) is 6.31. The number of hydrogen-bond donors (Lipinski definition) is 1. The number of alkyl halides is 3. The normalized spacial score (nSPS) is 16.2. The SMILES string of the molecule is O=C(Cn1c(C(F)(F)F)nc2ccccc21)N1CCNCC1. The van der Waals surface area contributed by atoms with Crippen LogP contribution in [0.1, 0.15) is 5.82 Å². The maximum Gasteiger partial charge on any atom is 0.449 e. The molecular weight excluding hydrogens is 297 g/mol. The summed E-state index contributed by atoms with van der Waals surface area (Å²) in [4.78, 5) is 17.5. The molecule has 2 aromatic rings. The van der Waals surface area contributed by atoms with Crippen molar-refractivity contribution in [1.82, 2.24) is 19.8 Å². The highest BCUT2D eigenvalue weighted by molar-refractivity contribution is 5.81. The molecule has 2 heterocycles. The minimum absolute atomic E-state index is 0.239. The molecule has 1 aliphatic heterocycles. The van der Waals surface area contributed by atoms with Crippen LogP contribution in [0.2, 0.25) is 0 Å². The first kappa shape index (κ1) is 14.8. The van der Waals surface area contributed by atoms with E-state index in [0.29, 0.717) is 31.7 Å². The molecule has 1 saturated heterocycles. The van der Waals surface area contributed by atoms with E-state index in [-0.39, 0.29) is 18.0 Å². The Morgan fingerprint density at radius 2 is 1.91 bits per heavy atom. The van der Waals surface area contributed by atoms with Crippen molar-refractivity contribution in [2.24, 2.45) is 0 Å². The van der Waals surface area contributed by atoms with Gasteiger partial charge in [-0.05, 0) is 12.1 Å². The number of amides is 1. The molecule has 8 heteroatoms. The summed E-state index contributed by atoms with van der Waals surface area (Å²) in [5.74, 6) is -1.35. The van der Waals surface area contributed by atoms with Gasteiger partial charge in [-0.25, -0.2) is 4.98 Å². The van der Waals surface area contributed by atoms with Gasteiger partial charge in [0.15, 0.2) is 0 Å². The lowest BCUT2D eigenvalue weighted by Crippen LogP contribution is -2.47. The predicted octanol–water partition coefficient (Wildman–Crippen LogP) is 1.49. The van der Waals surface area contributed by atoms with Gasteiger partial charge in [0.2, 0.25) is 11.7 Å². The number of halogens is 3. The smallest absolute Gasteiger partial charge is 0.339 e. The summed E-state index contributed by atoms with van der Waals surface area (Å²) in [6.45, 7) is 1.97. The Labute approximate surface area is 124 Å². The molecule has 3 rings (SSSR count). The van der Waals surface area contributed by atoms with Crippen molar-refractivity contribution in [3.05, 3.63) is 30.1 Å². The molecule has 22 heavy (non-hydrogen) atoms. The molecular formula is C14H15F3N4O. The van der Waals surface area contributed by atoms with E-state index in [1.54, 1.807) is 23.1 Å². The fourth-order valence-corrected chi connectivity index (χ4v) is 2.60. The topological polar surface area (TPSA) is 50.2 Å². The maximum absolute atomic E-state index is 13.2. The van der Waals surface area contributed by atoms with Crippen molar-refractivity contribution >= 4 is 16.9 Å². The first-order chi connectivity index (χ1) is 10.5. The lowest BCUT2D eigenvalue weighted by Gasteiger charge is -2.28. The molecule has 1 aromatic heterocycles. The number of aromatic nitrogens is 2. The van der Waals surface area contributed by atoms with Crippen LogP contribution in [-0.2, 0) is 17.5 Å². The van der Waals surface area contributed by atoms with Gasteiger partial charge in [0.25, 0.3) is 0 Å². The van der Waals surface area contributed by atoms with E-state index in [2.05, 4.69) is 10.3 Å². The number of carbonyl (C=O) groups excluding carboxylic acids is 1. The molecule has 1 aliphatic rings. The summed E-state index contributed by atoms with van der Waals surface area (Å²) in [7, 11) is 0. The average molecular weight is 312 g/mol. The minimum atomic E-state index is -4.59. The molecule has 0 radical (unpaired) electrons. The molecule has 1 N–H and O–H groups in total. The molecule has 1 amide bonds. The molecule has 0 aliphatic carbocycles. The predicted molar refractivity (Wildman–Crippen MR) is 74.2 cm³/mol. The van der Waals surface area contributed by atoms with Gasteiger partial charge >= 0.3 is 6.18 Å². The van der Waals surface area contributed by atoms with E-state index in [1.165, 1.54) is 6.07 Å². The Balaban J connectivity index is 1.96. The van der Waals surface area contributed by atoms with E-state index < -0.39 is 12.0 Å². The number of para-hydroxylation sites is 2. The van der Waals surface area contributed by atoms with Crippen molar-refractivity contribution in [1.29, 1.82) is 0 Å². The number of piperazine rings is 1. The lowest BCUT2D eigenvalue weighted by atomic mass is 10.3. The van der Waals surface area contributed by atoms with Crippen LogP contribution < -0.4 is 5.32 Å². The summed E-state index contributed by atoms with van der Waals surface area (Å²) in [5, 5.41) is 3.10. The van der Waals surface area contributed by atoms with E-state index in [1.807, 2.05) is 0 Å². The number of carbonyl (C=O) groups is 1. The second-order valence-electron chi connectivity index (χ2n) is 5.14. The van der Waals surface area contributed by atoms with E-state index in [9.17, 15) is 18.0 Å². The zero-order chi connectivity index (χ0) is 15.7. The van der Waals surface area contributed by atoms with Gasteiger partial charge in [0.1, 0.15) is 6.54 Å². The number of rotatable bonds is 2. The van der Waals surface area contributed by atoms with Crippen LogP contribution >= 0.6 is 0 Å². The number of fused-ring (bicyclic) bond motifs is 1. The van der Waals surface area contributed by atoms with Crippen molar-refractivity contribution in [2.45, 2.75) is 12.7 Å². The van der Waals surface area contributed by atoms with Gasteiger partial charge in [0, 0.05) is 26.2 Å². The second-order valence-corrected chi connectivity index (χ2v) is 5.14. The van der Waals surface area contributed by atoms with Crippen molar-refractivity contribution in [3.8, 4) is 0 Å². The van der Waals surface area contributed by atoms with Gasteiger partial charge in [-0.15, -0.1) is 0 Å². The Hall–Kier alpha value is -2.09.